The zero-order valence-electron chi connectivity index (χ0n) is 9.93. The van der Waals surface area contributed by atoms with Gasteiger partial charge in [0, 0.05) is 0 Å². The lowest BCUT2D eigenvalue weighted by molar-refractivity contribution is -0.300. The number of hydrogen-bond acceptors (Lipinski definition) is 4. The summed E-state index contributed by atoms with van der Waals surface area (Å²) >= 11 is 0. The summed E-state index contributed by atoms with van der Waals surface area (Å²) in [5.74, 6) is 0. The first kappa shape index (κ1) is 15.9. The molecule has 0 spiro atoms. The van der Waals surface area contributed by atoms with Gasteiger partial charge in [0.05, 0.1) is 6.54 Å². The topological polar surface area (TPSA) is 38.5 Å². The third-order valence-electron chi connectivity index (χ3n) is 2.69. The standard InChI is InChI=1S/C9H11F6NO3/c1-3-5(2)18-6(17)19-16-4-7(16,8(10,11)12)9(13,14)15/h5H,3-4H2,1-2H3. The predicted molar refractivity (Wildman–Crippen MR) is 48.9 cm³/mol. The highest BCUT2D eigenvalue weighted by Crippen LogP contribution is 2.56. The van der Waals surface area contributed by atoms with E-state index in [1.807, 2.05) is 0 Å². The van der Waals surface area contributed by atoms with Crippen LogP contribution in [0, 0.1) is 0 Å². The third-order valence-corrected chi connectivity index (χ3v) is 2.69. The van der Waals surface area contributed by atoms with E-state index in [0.29, 0.717) is 6.42 Å². The monoisotopic (exact) mass is 295 g/mol. The second-order valence-electron chi connectivity index (χ2n) is 4.07. The Labute approximate surface area is 104 Å². The van der Waals surface area contributed by atoms with Gasteiger partial charge in [0.15, 0.2) is 0 Å². The number of hydroxylamine groups is 2. The van der Waals surface area contributed by atoms with Crippen LogP contribution in [0.1, 0.15) is 20.3 Å². The Kier molecular flexibility index (Phi) is 3.95. The van der Waals surface area contributed by atoms with Gasteiger partial charge in [-0.1, -0.05) is 6.92 Å². The van der Waals surface area contributed by atoms with Gasteiger partial charge in [-0.2, -0.15) is 26.3 Å². The van der Waals surface area contributed by atoms with E-state index >= 15 is 0 Å². The molecule has 112 valence electrons. The molecule has 0 saturated carbocycles. The average molecular weight is 295 g/mol. The Bertz CT molecular complexity index is 339. The number of ether oxygens (including phenoxy) is 1. The van der Waals surface area contributed by atoms with E-state index < -0.39 is 41.8 Å². The maximum atomic E-state index is 12.4. The number of hydrogen-bond donors (Lipinski definition) is 0. The predicted octanol–water partition coefficient (Wildman–Crippen LogP) is 3.03. The number of carbonyl (C=O) groups is 1. The SMILES string of the molecule is CCC(C)OC(=O)ON1CC1(C(F)(F)F)C(F)(F)F. The summed E-state index contributed by atoms with van der Waals surface area (Å²) in [7, 11) is 0. The molecule has 1 rings (SSSR count). The summed E-state index contributed by atoms with van der Waals surface area (Å²) in [6.07, 6.45) is -13.1. The van der Waals surface area contributed by atoms with E-state index in [9.17, 15) is 31.1 Å². The molecule has 0 aromatic carbocycles. The summed E-state index contributed by atoms with van der Waals surface area (Å²) in [6, 6.07) is 0. The number of halogens is 6. The Morgan fingerprint density at radius 2 is 1.74 bits per heavy atom. The molecule has 2 unspecified atom stereocenters. The Morgan fingerprint density at radius 3 is 2.05 bits per heavy atom. The molecule has 1 aliphatic heterocycles. The van der Waals surface area contributed by atoms with Crippen molar-refractivity contribution in [1.82, 2.24) is 5.06 Å². The first-order valence-electron chi connectivity index (χ1n) is 5.25. The molecular weight excluding hydrogens is 284 g/mol. The molecule has 0 aromatic rings. The summed E-state index contributed by atoms with van der Waals surface area (Å²) in [5.41, 5.74) is -4.13. The van der Waals surface area contributed by atoms with Gasteiger partial charge in [0.1, 0.15) is 6.10 Å². The van der Waals surface area contributed by atoms with Crippen LogP contribution in [0.25, 0.3) is 0 Å². The summed E-state index contributed by atoms with van der Waals surface area (Å²) in [6.45, 7) is 1.55. The molecule has 0 radical (unpaired) electrons. The minimum atomic E-state index is -5.60. The molecule has 1 saturated heterocycles. The van der Waals surface area contributed by atoms with Crippen molar-refractivity contribution in [2.24, 2.45) is 0 Å². The zero-order chi connectivity index (χ0) is 15.1. The molecule has 2 atom stereocenters. The van der Waals surface area contributed by atoms with Crippen molar-refractivity contribution in [3.8, 4) is 0 Å². The summed E-state index contributed by atoms with van der Waals surface area (Å²) in [4.78, 5) is 14.9. The van der Waals surface area contributed by atoms with Gasteiger partial charge in [0.2, 0.25) is 0 Å². The fraction of sp³-hybridized carbons (Fsp3) is 0.889. The maximum absolute atomic E-state index is 12.4. The fourth-order valence-corrected chi connectivity index (χ4v) is 1.26. The van der Waals surface area contributed by atoms with Crippen LogP contribution in [0.3, 0.4) is 0 Å². The molecule has 1 heterocycles. The van der Waals surface area contributed by atoms with Crippen molar-refractivity contribution in [1.29, 1.82) is 0 Å². The van der Waals surface area contributed by atoms with E-state index in [4.69, 9.17) is 0 Å². The number of rotatable bonds is 3. The van der Waals surface area contributed by atoms with Crippen LogP contribution in [0.5, 0.6) is 0 Å². The largest absolute Gasteiger partial charge is 0.528 e. The van der Waals surface area contributed by atoms with E-state index in [-0.39, 0.29) is 0 Å². The highest BCUT2D eigenvalue weighted by atomic mass is 19.4. The molecular formula is C9H11F6NO3. The van der Waals surface area contributed by atoms with Crippen molar-refractivity contribution < 1.29 is 40.7 Å². The Balaban J connectivity index is 2.71. The summed E-state index contributed by atoms with van der Waals surface area (Å²) in [5, 5.41) is -0.474. The zero-order valence-corrected chi connectivity index (χ0v) is 9.93. The molecule has 0 aromatic heterocycles. The molecule has 0 bridgehead atoms. The highest BCUT2D eigenvalue weighted by molar-refractivity contribution is 5.60. The molecule has 0 amide bonds. The van der Waals surface area contributed by atoms with Crippen molar-refractivity contribution in [2.75, 3.05) is 6.54 Å². The van der Waals surface area contributed by atoms with Crippen molar-refractivity contribution in [3.63, 3.8) is 0 Å². The Hall–Kier alpha value is -1.19. The molecule has 0 aliphatic carbocycles. The van der Waals surface area contributed by atoms with Gasteiger partial charge in [-0.25, -0.2) is 4.79 Å². The van der Waals surface area contributed by atoms with Crippen LogP contribution in [0.4, 0.5) is 31.1 Å². The van der Waals surface area contributed by atoms with Gasteiger partial charge in [0.25, 0.3) is 5.54 Å². The van der Waals surface area contributed by atoms with E-state index in [0.717, 1.165) is 0 Å². The molecule has 10 heteroatoms. The number of carbonyl (C=O) groups excluding carboxylic acids is 1. The minimum absolute atomic E-state index is 0.346. The van der Waals surface area contributed by atoms with Crippen molar-refractivity contribution >= 4 is 6.16 Å². The highest BCUT2D eigenvalue weighted by Gasteiger charge is 2.86. The fourth-order valence-electron chi connectivity index (χ4n) is 1.26. The molecule has 1 aliphatic rings. The lowest BCUT2D eigenvalue weighted by atomic mass is 10.1. The van der Waals surface area contributed by atoms with E-state index in [1.54, 1.807) is 6.92 Å². The van der Waals surface area contributed by atoms with E-state index in [1.165, 1.54) is 6.92 Å². The van der Waals surface area contributed by atoms with Crippen LogP contribution in [0.2, 0.25) is 0 Å². The quantitative estimate of drug-likeness (QED) is 0.456. The lowest BCUT2D eigenvalue weighted by Gasteiger charge is -2.22. The van der Waals surface area contributed by atoms with Crippen LogP contribution in [0.15, 0.2) is 0 Å². The first-order valence-corrected chi connectivity index (χ1v) is 5.25. The molecule has 0 N–H and O–H groups in total. The smallest absolute Gasteiger partial charge is 0.430 e. The van der Waals surface area contributed by atoms with Gasteiger partial charge in [-0.05, 0) is 13.3 Å². The third kappa shape index (κ3) is 2.88. The second kappa shape index (κ2) is 4.73. The molecule has 1 fully saturated rings. The molecule has 19 heavy (non-hydrogen) atoms. The minimum Gasteiger partial charge on any atom is -0.430 e. The van der Waals surface area contributed by atoms with Gasteiger partial charge in [-0.3, -0.25) is 0 Å². The van der Waals surface area contributed by atoms with Crippen molar-refractivity contribution in [2.45, 2.75) is 44.3 Å². The Morgan fingerprint density at radius 1 is 1.26 bits per heavy atom. The van der Waals surface area contributed by atoms with Crippen LogP contribution in [-0.2, 0) is 9.57 Å². The van der Waals surface area contributed by atoms with Gasteiger partial charge in [-0.15, -0.1) is 5.06 Å². The lowest BCUT2D eigenvalue weighted by Crippen LogP contribution is -2.50. The van der Waals surface area contributed by atoms with Crippen LogP contribution < -0.4 is 0 Å². The number of alkyl halides is 6. The first-order chi connectivity index (χ1) is 8.45. The van der Waals surface area contributed by atoms with Gasteiger partial charge < -0.3 is 9.57 Å². The second-order valence-corrected chi connectivity index (χ2v) is 4.07. The summed E-state index contributed by atoms with van der Waals surface area (Å²) < 4.78 is 79.0. The molecule has 4 nitrogen and oxygen atoms in total. The van der Waals surface area contributed by atoms with Crippen LogP contribution >= 0.6 is 0 Å². The van der Waals surface area contributed by atoms with Gasteiger partial charge >= 0.3 is 18.5 Å². The average Bonchev–Trinajstić information content (AvgIpc) is 2.91. The maximum Gasteiger partial charge on any atom is 0.528 e. The van der Waals surface area contributed by atoms with Crippen molar-refractivity contribution in [3.05, 3.63) is 0 Å². The normalized spacial score (nSPS) is 23.7. The number of nitrogens with zero attached hydrogens (tertiary/aromatic N) is 1. The van der Waals surface area contributed by atoms with Crippen LogP contribution in [-0.4, -0.2) is 41.8 Å². The van der Waals surface area contributed by atoms with E-state index in [2.05, 4.69) is 9.57 Å².